The van der Waals surface area contributed by atoms with Gasteiger partial charge in [0.1, 0.15) is 22.6 Å². The molecule has 0 heterocycles. The van der Waals surface area contributed by atoms with E-state index in [1.807, 2.05) is 12.1 Å². The maximum absolute atomic E-state index is 10.9. The lowest BCUT2D eigenvalue weighted by Crippen LogP contribution is -1.97. The normalized spacial score (nSPS) is 10.3. The number of carboxylic acid groups (broad SMARTS) is 2. The van der Waals surface area contributed by atoms with Gasteiger partial charge in [-0.3, -0.25) is 0 Å². The Bertz CT molecular complexity index is 1100. The van der Waals surface area contributed by atoms with E-state index in [-0.39, 0.29) is 22.6 Å². The van der Waals surface area contributed by atoms with Crippen LogP contribution in [0.1, 0.15) is 20.7 Å². The maximum Gasteiger partial charge on any atom is 0.340 e. The van der Waals surface area contributed by atoms with Crippen LogP contribution in [0.4, 0.5) is 0 Å². The van der Waals surface area contributed by atoms with E-state index in [0.717, 1.165) is 10.8 Å². The number of aromatic hydroxyl groups is 2. The van der Waals surface area contributed by atoms with E-state index in [1.54, 1.807) is 48.5 Å². The molecule has 28 heavy (non-hydrogen) atoms. The van der Waals surface area contributed by atoms with Crippen LogP contribution in [-0.2, 0) is 0 Å². The summed E-state index contributed by atoms with van der Waals surface area (Å²) in [6.07, 6.45) is 0. The Morgan fingerprint density at radius 3 is 1.25 bits per heavy atom. The van der Waals surface area contributed by atoms with Gasteiger partial charge in [-0.1, -0.05) is 60.7 Å². The molecule has 0 aliphatic rings. The van der Waals surface area contributed by atoms with Gasteiger partial charge in [0.15, 0.2) is 0 Å². The topological polar surface area (TPSA) is 115 Å². The van der Waals surface area contributed by atoms with Crippen LogP contribution >= 0.6 is 0 Å². The molecule has 0 aliphatic carbocycles. The van der Waals surface area contributed by atoms with Crippen molar-refractivity contribution >= 4 is 33.5 Å². The van der Waals surface area contributed by atoms with Gasteiger partial charge >= 0.3 is 11.9 Å². The number of hydrogen-bond acceptors (Lipinski definition) is 4. The van der Waals surface area contributed by atoms with Crippen molar-refractivity contribution in [3.05, 3.63) is 83.9 Å². The highest BCUT2D eigenvalue weighted by Gasteiger charge is 2.13. The first-order valence-corrected chi connectivity index (χ1v) is 8.28. The molecule has 0 unspecified atom stereocenters. The van der Waals surface area contributed by atoms with Crippen LogP contribution < -0.4 is 0 Å². The minimum absolute atomic E-state index is 0.0388. The predicted octanol–water partition coefficient (Wildman–Crippen LogP) is 4.49. The minimum Gasteiger partial charge on any atom is -0.507 e. The Hall–Kier alpha value is -4.06. The minimum atomic E-state index is -1.11. The number of benzene rings is 4. The zero-order chi connectivity index (χ0) is 20.3. The summed E-state index contributed by atoms with van der Waals surface area (Å²) in [7, 11) is 0. The number of rotatable bonds is 2. The quantitative estimate of drug-likeness (QED) is 0.410. The van der Waals surface area contributed by atoms with Gasteiger partial charge in [0.2, 0.25) is 0 Å². The van der Waals surface area contributed by atoms with Crippen LogP contribution in [0, 0.1) is 0 Å². The first-order chi connectivity index (χ1) is 13.4. The molecule has 6 nitrogen and oxygen atoms in total. The lowest BCUT2D eigenvalue weighted by molar-refractivity contribution is 0.0684. The molecule has 0 amide bonds. The largest absolute Gasteiger partial charge is 0.507 e. The van der Waals surface area contributed by atoms with Crippen LogP contribution in [0.3, 0.4) is 0 Å². The number of aromatic carboxylic acids is 2. The molecular formula is C22H16O6. The monoisotopic (exact) mass is 376 g/mol. The molecule has 4 aromatic carbocycles. The Kier molecular flexibility index (Phi) is 5.13. The van der Waals surface area contributed by atoms with Crippen molar-refractivity contribution in [1.29, 1.82) is 0 Å². The number of carbonyl (C=O) groups is 2. The average Bonchev–Trinajstić information content (AvgIpc) is 2.67. The van der Waals surface area contributed by atoms with E-state index in [9.17, 15) is 19.8 Å². The smallest absolute Gasteiger partial charge is 0.340 e. The second-order valence-corrected chi connectivity index (χ2v) is 5.97. The van der Waals surface area contributed by atoms with Gasteiger partial charge in [-0.25, -0.2) is 9.59 Å². The summed E-state index contributed by atoms with van der Waals surface area (Å²) in [4.78, 5) is 21.8. The summed E-state index contributed by atoms with van der Waals surface area (Å²) in [5.74, 6) is -2.62. The van der Waals surface area contributed by atoms with Crippen LogP contribution in [0.2, 0.25) is 0 Å². The number of fused-ring (bicyclic) bond motifs is 2. The zero-order valence-corrected chi connectivity index (χ0v) is 14.5. The highest BCUT2D eigenvalue weighted by atomic mass is 16.4. The molecule has 140 valence electrons. The van der Waals surface area contributed by atoms with Crippen LogP contribution in [-0.4, -0.2) is 32.4 Å². The van der Waals surface area contributed by atoms with Crippen molar-refractivity contribution in [2.75, 3.05) is 0 Å². The summed E-state index contributed by atoms with van der Waals surface area (Å²) < 4.78 is 0. The molecule has 4 aromatic rings. The molecule has 0 saturated heterocycles. The first-order valence-electron chi connectivity index (χ1n) is 8.28. The van der Waals surface area contributed by atoms with Crippen molar-refractivity contribution in [3.63, 3.8) is 0 Å². The highest BCUT2D eigenvalue weighted by molar-refractivity contribution is 6.06. The van der Waals surface area contributed by atoms with Crippen molar-refractivity contribution in [1.82, 2.24) is 0 Å². The molecule has 0 aliphatic heterocycles. The summed E-state index contributed by atoms with van der Waals surface area (Å²) in [5.41, 5.74) is -0.0776. The molecule has 0 aromatic heterocycles. The van der Waals surface area contributed by atoms with Crippen LogP contribution in [0.15, 0.2) is 72.8 Å². The van der Waals surface area contributed by atoms with Gasteiger partial charge in [0, 0.05) is 0 Å². The van der Waals surface area contributed by atoms with Gasteiger partial charge in [-0.2, -0.15) is 0 Å². The molecule has 0 bridgehead atoms. The summed E-state index contributed by atoms with van der Waals surface area (Å²) in [6.45, 7) is 0. The highest BCUT2D eigenvalue weighted by Crippen LogP contribution is 2.27. The Morgan fingerprint density at radius 2 is 0.893 bits per heavy atom. The number of carboxylic acids is 2. The lowest BCUT2D eigenvalue weighted by Gasteiger charge is -2.03. The van der Waals surface area contributed by atoms with Gasteiger partial charge in [-0.15, -0.1) is 0 Å². The fourth-order valence-corrected chi connectivity index (χ4v) is 2.97. The zero-order valence-electron chi connectivity index (χ0n) is 14.5. The summed E-state index contributed by atoms with van der Waals surface area (Å²) >= 11 is 0. The van der Waals surface area contributed by atoms with Crippen LogP contribution in [0.25, 0.3) is 21.5 Å². The van der Waals surface area contributed by atoms with E-state index in [2.05, 4.69) is 0 Å². The second-order valence-electron chi connectivity index (χ2n) is 5.97. The molecule has 0 spiro atoms. The van der Waals surface area contributed by atoms with E-state index in [4.69, 9.17) is 10.2 Å². The molecule has 6 heteroatoms. The predicted molar refractivity (Wildman–Crippen MR) is 105 cm³/mol. The fourth-order valence-electron chi connectivity index (χ4n) is 2.97. The van der Waals surface area contributed by atoms with Gasteiger partial charge < -0.3 is 20.4 Å². The van der Waals surface area contributed by atoms with Crippen molar-refractivity contribution in [2.24, 2.45) is 0 Å². The van der Waals surface area contributed by atoms with Crippen LogP contribution in [0.5, 0.6) is 11.5 Å². The molecule has 0 saturated carbocycles. The van der Waals surface area contributed by atoms with E-state index in [0.29, 0.717) is 10.8 Å². The standard InChI is InChI=1S/2C11H8O3/c2*12-9-6-5-7-3-1-2-4-8(7)10(9)11(13)14/h2*1-6,12H,(H,13,14). The van der Waals surface area contributed by atoms with Crippen molar-refractivity contribution in [3.8, 4) is 11.5 Å². The molecule has 0 atom stereocenters. The second kappa shape index (κ2) is 7.67. The number of hydrogen-bond donors (Lipinski definition) is 4. The van der Waals surface area contributed by atoms with E-state index >= 15 is 0 Å². The molecule has 0 radical (unpaired) electrons. The molecule has 4 N–H and O–H groups in total. The molecule has 4 rings (SSSR count). The van der Waals surface area contributed by atoms with Gasteiger partial charge in [0.05, 0.1) is 0 Å². The average molecular weight is 376 g/mol. The third-order valence-corrected chi connectivity index (χ3v) is 4.24. The van der Waals surface area contributed by atoms with Crippen molar-refractivity contribution in [2.45, 2.75) is 0 Å². The van der Waals surface area contributed by atoms with E-state index in [1.165, 1.54) is 12.1 Å². The Balaban J connectivity index is 0.000000161. The first kappa shape index (κ1) is 18.7. The number of phenols is 2. The third kappa shape index (κ3) is 3.57. The Morgan fingerprint density at radius 1 is 0.536 bits per heavy atom. The summed E-state index contributed by atoms with van der Waals surface area (Å²) in [5, 5.41) is 39.3. The van der Waals surface area contributed by atoms with Crippen molar-refractivity contribution < 1.29 is 30.0 Å². The summed E-state index contributed by atoms with van der Waals surface area (Å²) in [6, 6.07) is 20.3. The van der Waals surface area contributed by atoms with E-state index < -0.39 is 11.9 Å². The van der Waals surface area contributed by atoms with Gasteiger partial charge in [0.25, 0.3) is 0 Å². The Labute approximate surface area is 159 Å². The SMILES string of the molecule is O=C(O)c1c(O)ccc2ccccc12.O=C(O)c1c(O)ccc2ccccc12. The molecule has 0 fully saturated rings. The fraction of sp³-hybridized carbons (Fsp3) is 0. The maximum atomic E-state index is 10.9. The lowest BCUT2D eigenvalue weighted by atomic mass is 10.0. The van der Waals surface area contributed by atoms with Gasteiger partial charge in [-0.05, 0) is 33.7 Å². The molecular weight excluding hydrogens is 360 g/mol. The third-order valence-electron chi connectivity index (χ3n) is 4.24.